The van der Waals surface area contributed by atoms with E-state index in [0.717, 1.165) is 11.1 Å². The Morgan fingerprint density at radius 2 is 1.38 bits per heavy atom. The highest BCUT2D eigenvalue weighted by atomic mass is 16.6. The third-order valence-electron chi connectivity index (χ3n) is 6.04. The molecule has 0 saturated heterocycles. The molecule has 0 fully saturated rings. The Labute approximate surface area is 214 Å². The normalized spacial score (nSPS) is 17.1. The molecule has 2 unspecified atom stereocenters. The summed E-state index contributed by atoms with van der Waals surface area (Å²) >= 11 is 0. The number of carbonyl (C=O) groups excluding carboxylic acids is 1. The number of benzene rings is 2. The Hall–Kier alpha value is -4.27. The summed E-state index contributed by atoms with van der Waals surface area (Å²) in [6.07, 6.45) is -1.38. The summed E-state index contributed by atoms with van der Waals surface area (Å²) in [5, 5.41) is 19.3. The first kappa shape index (κ1) is 25.8. The largest absolute Gasteiger partial charge is 0.481 e. The van der Waals surface area contributed by atoms with Gasteiger partial charge in [0.15, 0.2) is 5.82 Å². The number of carboxylic acids is 2. The van der Waals surface area contributed by atoms with Crippen molar-refractivity contribution in [3.63, 3.8) is 0 Å². The van der Waals surface area contributed by atoms with E-state index in [2.05, 4.69) is 0 Å². The molecule has 2 heterocycles. The summed E-state index contributed by atoms with van der Waals surface area (Å²) < 4.78 is 5.62. The lowest BCUT2D eigenvalue weighted by atomic mass is 9.80. The minimum Gasteiger partial charge on any atom is -0.481 e. The number of hydrogen-bond acceptors (Lipinski definition) is 6. The Kier molecular flexibility index (Phi) is 7.24. The van der Waals surface area contributed by atoms with E-state index in [1.165, 1.54) is 4.90 Å². The molecule has 1 amide bonds. The van der Waals surface area contributed by atoms with Crippen LogP contribution in [0.25, 0.3) is 22.5 Å². The Morgan fingerprint density at radius 1 is 0.865 bits per heavy atom. The van der Waals surface area contributed by atoms with Gasteiger partial charge in [0.25, 0.3) is 0 Å². The molecule has 2 aromatic carbocycles. The van der Waals surface area contributed by atoms with Crippen molar-refractivity contribution in [3.05, 3.63) is 66.4 Å². The highest BCUT2D eigenvalue weighted by molar-refractivity contribution is 5.90. The molecule has 1 aliphatic heterocycles. The van der Waals surface area contributed by atoms with Gasteiger partial charge in [-0.1, -0.05) is 60.7 Å². The summed E-state index contributed by atoms with van der Waals surface area (Å²) in [6, 6.07) is 18.7. The third kappa shape index (κ3) is 5.94. The molecule has 0 bridgehead atoms. The van der Waals surface area contributed by atoms with Gasteiger partial charge in [0, 0.05) is 23.6 Å². The highest BCUT2D eigenvalue weighted by Crippen LogP contribution is 2.43. The number of carbonyl (C=O) groups is 3. The van der Waals surface area contributed by atoms with Crippen LogP contribution < -0.4 is 4.90 Å². The average molecular weight is 504 g/mol. The average Bonchev–Trinajstić information content (AvgIpc) is 2.84. The van der Waals surface area contributed by atoms with E-state index in [0.29, 0.717) is 11.4 Å². The van der Waals surface area contributed by atoms with Gasteiger partial charge in [-0.05, 0) is 26.7 Å². The van der Waals surface area contributed by atoms with Gasteiger partial charge in [-0.3, -0.25) is 14.5 Å². The summed E-state index contributed by atoms with van der Waals surface area (Å²) in [5.41, 5.74) is 2.02. The Morgan fingerprint density at radius 3 is 1.86 bits per heavy atom. The van der Waals surface area contributed by atoms with Gasteiger partial charge >= 0.3 is 18.0 Å². The molecule has 37 heavy (non-hydrogen) atoms. The molecule has 0 radical (unpaired) electrons. The molecule has 4 rings (SSSR count). The van der Waals surface area contributed by atoms with Gasteiger partial charge < -0.3 is 14.9 Å². The van der Waals surface area contributed by atoms with Crippen molar-refractivity contribution in [2.45, 2.75) is 45.1 Å². The van der Waals surface area contributed by atoms with Crippen molar-refractivity contribution < 1.29 is 29.3 Å². The molecule has 9 heteroatoms. The van der Waals surface area contributed by atoms with Crippen molar-refractivity contribution in [3.8, 4) is 22.5 Å². The fraction of sp³-hybridized carbons (Fsp3) is 0.321. The monoisotopic (exact) mass is 503 g/mol. The summed E-state index contributed by atoms with van der Waals surface area (Å²) in [7, 11) is 0. The fourth-order valence-electron chi connectivity index (χ4n) is 4.51. The van der Waals surface area contributed by atoms with E-state index < -0.39 is 35.5 Å². The van der Waals surface area contributed by atoms with Crippen molar-refractivity contribution in [2.75, 3.05) is 11.4 Å². The maximum absolute atomic E-state index is 13.3. The first-order chi connectivity index (χ1) is 17.5. The third-order valence-corrected chi connectivity index (χ3v) is 6.04. The molecule has 3 aromatic rings. The van der Waals surface area contributed by atoms with Gasteiger partial charge in [0.2, 0.25) is 0 Å². The SMILES string of the molecule is CC(C)(C)OC(=O)N1CC(CC(=O)O)C(CC(=O)O)c2nc(-c3ccccc3)c(-c3ccccc3)nc21. The van der Waals surface area contributed by atoms with Crippen LogP contribution in [0.1, 0.15) is 45.2 Å². The van der Waals surface area contributed by atoms with Crippen molar-refractivity contribution >= 4 is 23.8 Å². The second-order valence-electron chi connectivity index (χ2n) is 10.0. The molecule has 0 aliphatic carbocycles. The molecule has 9 nitrogen and oxygen atoms in total. The Balaban J connectivity index is 1.99. The highest BCUT2D eigenvalue weighted by Gasteiger charge is 2.42. The minimum atomic E-state index is -1.09. The number of aliphatic carboxylic acids is 2. The smallest absolute Gasteiger partial charge is 0.416 e. The number of ether oxygens (including phenoxy) is 1. The first-order valence-corrected chi connectivity index (χ1v) is 12.0. The zero-order chi connectivity index (χ0) is 26.7. The van der Waals surface area contributed by atoms with Crippen LogP contribution in [0.2, 0.25) is 0 Å². The summed E-state index contributed by atoms with van der Waals surface area (Å²) in [5.74, 6) is -3.46. The van der Waals surface area contributed by atoms with Gasteiger partial charge in [0.1, 0.15) is 5.60 Å². The van der Waals surface area contributed by atoms with Crippen molar-refractivity contribution in [2.24, 2.45) is 5.92 Å². The quantitative estimate of drug-likeness (QED) is 0.469. The van der Waals surface area contributed by atoms with Crippen LogP contribution in [0.3, 0.4) is 0 Å². The van der Waals surface area contributed by atoms with Crippen LogP contribution in [0.15, 0.2) is 60.7 Å². The van der Waals surface area contributed by atoms with Crippen LogP contribution in [-0.4, -0.2) is 50.4 Å². The molecular formula is C28H29N3O6. The van der Waals surface area contributed by atoms with Crippen LogP contribution in [0.5, 0.6) is 0 Å². The second-order valence-corrected chi connectivity index (χ2v) is 10.0. The molecule has 1 aliphatic rings. The first-order valence-electron chi connectivity index (χ1n) is 12.0. The zero-order valence-electron chi connectivity index (χ0n) is 20.9. The van der Waals surface area contributed by atoms with Gasteiger partial charge in [-0.2, -0.15) is 0 Å². The number of nitrogens with zero attached hydrogens (tertiary/aromatic N) is 3. The van der Waals surface area contributed by atoms with Gasteiger partial charge in [-0.15, -0.1) is 0 Å². The number of amides is 1. The van der Waals surface area contributed by atoms with Crippen molar-refractivity contribution in [1.29, 1.82) is 0 Å². The zero-order valence-corrected chi connectivity index (χ0v) is 20.9. The fourth-order valence-corrected chi connectivity index (χ4v) is 4.51. The molecular weight excluding hydrogens is 474 g/mol. The maximum atomic E-state index is 13.3. The van der Waals surface area contributed by atoms with E-state index in [4.69, 9.17) is 14.7 Å². The maximum Gasteiger partial charge on any atom is 0.416 e. The molecule has 2 N–H and O–H groups in total. The lowest BCUT2D eigenvalue weighted by Crippen LogP contribution is -2.46. The number of anilines is 1. The Bertz CT molecular complexity index is 1300. The van der Waals surface area contributed by atoms with Crippen LogP contribution in [0.4, 0.5) is 10.6 Å². The minimum absolute atomic E-state index is 0.0558. The molecule has 0 saturated carbocycles. The van der Waals surface area contributed by atoms with E-state index in [1.54, 1.807) is 20.8 Å². The standard InChI is InChI=1S/C28H29N3O6/c1-28(2,3)37-27(36)31-16-19(14-21(32)33)20(15-22(34)35)25-26(31)30-24(18-12-8-5-9-13-18)23(29-25)17-10-6-4-7-11-17/h4-13,19-20H,14-16H2,1-3H3,(H,32,33)(H,34,35). The van der Waals surface area contributed by atoms with Crippen LogP contribution >= 0.6 is 0 Å². The summed E-state index contributed by atoms with van der Waals surface area (Å²) in [6.45, 7) is 5.14. The molecule has 0 spiro atoms. The predicted molar refractivity (Wildman–Crippen MR) is 137 cm³/mol. The van der Waals surface area contributed by atoms with E-state index in [1.807, 2.05) is 60.7 Å². The van der Waals surface area contributed by atoms with E-state index >= 15 is 0 Å². The number of carboxylic acid groups (broad SMARTS) is 2. The number of aromatic nitrogens is 2. The van der Waals surface area contributed by atoms with E-state index in [-0.39, 0.29) is 30.9 Å². The number of hydrogen-bond donors (Lipinski definition) is 2. The summed E-state index contributed by atoms with van der Waals surface area (Å²) in [4.78, 5) is 48.0. The second kappa shape index (κ2) is 10.4. The number of rotatable bonds is 6. The lowest BCUT2D eigenvalue weighted by molar-refractivity contribution is -0.141. The van der Waals surface area contributed by atoms with Crippen molar-refractivity contribution in [1.82, 2.24) is 9.97 Å². The van der Waals surface area contributed by atoms with Crippen LogP contribution in [0, 0.1) is 5.92 Å². The molecule has 192 valence electrons. The van der Waals surface area contributed by atoms with Crippen LogP contribution in [-0.2, 0) is 14.3 Å². The topological polar surface area (TPSA) is 130 Å². The number of fused-ring (bicyclic) bond motifs is 1. The predicted octanol–water partition coefficient (Wildman–Crippen LogP) is 5.21. The van der Waals surface area contributed by atoms with Gasteiger partial charge in [0.05, 0.1) is 29.9 Å². The van der Waals surface area contributed by atoms with E-state index in [9.17, 15) is 24.6 Å². The molecule has 1 aromatic heterocycles. The molecule has 2 atom stereocenters. The lowest BCUT2D eigenvalue weighted by Gasteiger charge is -2.38. The van der Waals surface area contributed by atoms with Gasteiger partial charge in [-0.25, -0.2) is 14.8 Å².